The summed E-state index contributed by atoms with van der Waals surface area (Å²) >= 11 is 0. The van der Waals surface area contributed by atoms with Gasteiger partial charge in [-0.15, -0.1) is 0 Å². The van der Waals surface area contributed by atoms with Gasteiger partial charge in [-0.1, -0.05) is 0 Å². The zero-order valence-electron chi connectivity index (χ0n) is 15.7. The van der Waals surface area contributed by atoms with Crippen LogP contribution in [0.1, 0.15) is 34.8 Å². The van der Waals surface area contributed by atoms with Crippen molar-refractivity contribution in [3.63, 3.8) is 0 Å². The van der Waals surface area contributed by atoms with Crippen LogP contribution in [0, 0.1) is 19.8 Å². The lowest BCUT2D eigenvalue weighted by Crippen LogP contribution is -2.51. The molecule has 3 aliphatic rings. The highest BCUT2D eigenvalue weighted by Crippen LogP contribution is 2.29. The molecular formula is C18H25N5O3. The number of aromatic nitrogens is 2. The highest BCUT2D eigenvalue weighted by molar-refractivity contribution is 5.94. The Hall–Kier alpha value is -2.51. The second-order valence-corrected chi connectivity index (χ2v) is 7.33. The van der Waals surface area contributed by atoms with E-state index < -0.39 is 0 Å². The first kappa shape index (κ1) is 18.3. The molecule has 0 saturated carbocycles. The van der Waals surface area contributed by atoms with Crippen molar-refractivity contribution in [2.75, 3.05) is 33.7 Å². The monoisotopic (exact) mass is 359 g/mol. The summed E-state index contributed by atoms with van der Waals surface area (Å²) in [5, 5.41) is 0. The van der Waals surface area contributed by atoms with Crippen molar-refractivity contribution < 1.29 is 14.4 Å². The lowest BCUT2D eigenvalue weighted by molar-refractivity contribution is -0.145. The molecule has 0 aromatic carbocycles. The van der Waals surface area contributed by atoms with Crippen molar-refractivity contribution in [2.45, 2.75) is 32.7 Å². The highest BCUT2D eigenvalue weighted by atomic mass is 16.2. The maximum atomic E-state index is 13.0. The van der Waals surface area contributed by atoms with Crippen LogP contribution in [0.4, 0.5) is 0 Å². The Morgan fingerprint density at radius 3 is 2.58 bits per heavy atom. The SMILES string of the molecule is Cc1cc(C(=O)N2C[C@H]3CC[C@@H](C2)N(CC(=O)N(C)C)C3=O)nc(C)n1. The van der Waals surface area contributed by atoms with Gasteiger partial charge in [-0.05, 0) is 32.8 Å². The molecule has 2 atom stereocenters. The third-order valence-corrected chi connectivity index (χ3v) is 5.07. The molecule has 3 aliphatic heterocycles. The molecule has 140 valence electrons. The first-order chi connectivity index (χ1) is 12.3. The first-order valence-corrected chi connectivity index (χ1v) is 8.88. The van der Waals surface area contributed by atoms with E-state index in [9.17, 15) is 14.4 Å². The molecular weight excluding hydrogens is 334 g/mol. The molecule has 8 nitrogen and oxygen atoms in total. The highest BCUT2D eigenvalue weighted by Gasteiger charge is 2.42. The van der Waals surface area contributed by atoms with Crippen LogP contribution in [0.25, 0.3) is 0 Å². The fraction of sp³-hybridized carbons (Fsp3) is 0.611. The molecule has 26 heavy (non-hydrogen) atoms. The molecule has 4 rings (SSSR count). The molecule has 3 fully saturated rings. The molecule has 3 amide bonds. The first-order valence-electron chi connectivity index (χ1n) is 8.88. The molecule has 0 spiro atoms. The molecule has 0 N–H and O–H groups in total. The summed E-state index contributed by atoms with van der Waals surface area (Å²) in [5.74, 6) is -0.00571. The summed E-state index contributed by atoms with van der Waals surface area (Å²) in [4.78, 5) is 51.1. The maximum Gasteiger partial charge on any atom is 0.272 e. The van der Waals surface area contributed by atoms with Gasteiger partial charge >= 0.3 is 0 Å². The maximum absolute atomic E-state index is 13.0. The van der Waals surface area contributed by atoms with E-state index in [4.69, 9.17) is 0 Å². The van der Waals surface area contributed by atoms with Gasteiger partial charge in [0.25, 0.3) is 5.91 Å². The Balaban J connectivity index is 1.81. The van der Waals surface area contributed by atoms with Crippen molar-refractivity contribution in [1.82, 2.24) is 24.7 Å². The number of fused-ring (bicyclic) bond motifs is 4. The minimum absolute atomic E-state index is 0.0261. The minimum atomic E-state index is -0.253. The Morgan fingerprint density at radius 1 is 1.19 bits per heavy atom. The number of nitrogens with zero attached hydrogens (tertiary/aromatic N) is 5. The standard InChI is InChI=1S/C18H25N5O3/c1-11-7-15(20-12(2)19-11)18(26)22-8-13-5-6-14(9-22)23(17(13)25)10-16(24)21(3)4/h7,13-14H,5-6,8-10H2,1-4H3/t13-,14+/m1/s1. The summed E-state index contributed by atoms with van der Waals surface area (Å²) in [7, 11) is 3.36. The zero-order valence-corrected chi connectivity index (χ0v) is 15.7. The van der Waals surface area contributed by atoms with Crippen molar-refractivity contribution in [3.8, 4) is 0 Å². The van der Waals surface area contributed by atoms with Gasteiger partial charge in [0.2, 0.25) is 11.8 Å². The van der Waals surface area contributed by atoms with Gasteiger partial charge in [0.05, 0.1) is 5.92 Å². The fourth-order valence-electron chi connectivity index (χ4n) is 3.69. The summed E-state index contributed by atoms with van der Waals surface area (Å²) in [6.07, 6.45) is 1.56. The molecule has 3 saturated heterocycles. The Labute approximate surface area is 153 Å². The number of carbonyl (C=O) groups excluding carboxylic acids is 3. The molecule has 1 aromatic rings. The van der Waals surface area contributed by atoms with Crippen LogP contribution in [0.5, 0.6) is 0 Å². The topological polar surface area (TPSA) is 86.7 Å². The normalized spacial score (nSPS) is 22.4. The zero-order chi connectivity index (χ0) is 19.0. The predicted molar refractivity (Wildman–Crippen MR) is 94.3 cm³/mol. The molecule has 0 unspecified atom stereocenters. The van der Waals surface area contributed by atoms with E-state index in [-0.39, 0.29) is 36.2 Å². The van der Waals surface area contributed by atoms with Gasteiger partial charge in [0, 0.05) is 38.9 Å². The Bertz CT molecular complexity index is 728. The second kappa shape index (κ2) is 7.01. The fourth-order valence-corrected chi connectivity index (χ4v) is 3.69. The predicted octanol–water partition coefficient (Wildman–Crippen LogP) is 0.245. The van der Waals surface area contributed by atoms with Crippen molar-refractivity contribution in [1.29, 1.82) is 0 Å². The van der Waals surface area contributed by atoms with E-state index in [0.29, 0.717) is 24.6 Å². The summed E-state index contributed by atoms with van der Waals surface area (Å²) in [6.45, 7) is 4.47. The third-order valence-electron chi connectivity index (χ3n) is 5.07. The van der Waals surface area contributed by atoms with Crippen LogP contribution in [0.15, 0.2) is 6.07 Å². The average Bonchev–Trinajstić information content (AvgIpc) is 2.86. The number of rotatable bonds is 3. The summed E-state index contributed by atoms with van der Waals surface area (Å²) in [5.41, 5.74) is 1.10. The van der Waals surface area contributed by atoms with Crippen LogP contribution < -0.4 is 0 Å². The van der Waals surface area contributed by atoms with Gasteiger partial charge in [0.1, 0.15) is 18.1 Å². The van der Waals surface area contributed by atoms with E-state index in [0.717, 1.165) is 18.5 Å². The van der Waals surface area contributed by atoms with E-state index in [1.165, 1.54) is 4.90 Å². The number of piperidine rings is 1. The smallest absolute Gasteiger partial charge is 0.272 e. The van der Waals surface area contributed by atoms with Crippen LogP contribution in [0.3, 0.4) is 0 Å². The molecule has 8 heteroatoms. The van der Waals surface area contributed by atoms with E-state index >= 15 is 0 Å². The van der Waals surface area contributed by atoms with Crippen molar-refractivity contribution >= 4 is 17.7 Å². The molecule has 4 heterocycles. The Kier molecular flexibility index (Phi) is 4.93. The van der Waals surface area contributed by atoms with Crippen LogP contribution in [-0.2, 0) is 9.59 Å². The van der Waals surface area contributed by atoms with E-state index in [1.54, 1.807) is 36.9 Å². The number of aryl methyl sites for hydroxylation is 2. The lowest BCUT2D eigenvalue weighted by Gasteiger charge is -2.35. The van der Waals surface area contributed by atoms with Crippen molar-refractivity contribution in [2.24, 2.45) is 5.92 Å². The van der Waals surface area contributed by atoms with Crippen LogP contribution >= 0.6 is 0 Å². The molecule has 1 aromatic heterocycles. The van der Waals surface area contributed by atoms with E-state index in [2.05, 4.69) is 9.97 Å². The van der Waals surface area contributed by atoms with Crippen molar-refractivity contribution in [3.05, 3.63) is 23.3 Å². The number of carbonyl (C=O) groups is 3. The minimum Gasteiger partial charge on any atom is -0.347 e. The molecule has 0 radical (unpaired) electrons. The van der Waals surface area contributed by atoms with Gasteiger partial charge in [-0.2, -0.15) is 0 Å². The largest absolute Gasteiger partial charge is 0.347 e. The van der Waals surface area contributed by atoms with Gasteiger partial charge < -0.3 is 14.7 Å². The number of hydrogen-bond donors (Lipinski definition) is 0. The average molecular weight is 359 g/mol. The number of amides is 3. The summed E-state index contributed by atoms with van der Waals surface area (Å²) < 4.78 is 0. The third kappa shape index (κ3) is 3.54. The number of hydrogen-bond acceptors (Lipinski definition) is 5. The van der Waals surface area contributed by atoms with Crippen LogP contribution in [0.2, 0.25) is 0 Å². The second-order valence-electron chi connectivity index (χ2n) is 7.33. The number of likely N-dealkylation sites (N-methyl/N-ethyl adjacent to an activating group) is 1. The lowest BCUT2D eigenvalue weighted by atomic mass is 9.94. The van der Waals surface area contributed by atoms with E-state index in [1.807, 2.05) is 6.92 Å². The van der Waals surface area contributed by atoms with Gasteiger partial charge in [-0.3, -0.25) is 14.4 Å². The molecule has 0 aliphatic carbocycles. The molecule has 2 bridgehead atoms. The van der Waals surface area contributed by atoms with Crippen LogP contribution in [-0.4, -0.2) is 82.2 Å². The quantitative estimate of drug-likeness (QED) is 0.772. The van der Waals surface area contributed by atoms with Gasteiger partial charge in [0.15, 0.2) is 0 Å². The Morgan fingerprint density at radius 2 is 1.92 bits per heavy atom. The summed E-state index contributed by atoms with van der Waals surface area (Å²) in [6, 6.07) is 1.55. The van der Waals surface area contributed by atoms with Gasteiger partial charge in [-0.25, -0.2) is 9.97 Å².